The number of ether oxygens (including phenoxy) is 2. The third-order valence-corrected chi connectivity index (χ3v) is 9.07. The van der Waals surface area contributed by atoms with E-state index in [2.05, 4.69) is 21.0 Å². The fourth-order valence-electron chi connectivity index (χ4n) is 5.58. The van der Waals surface area contributed by atoms with Gasteiger partial charge in [-0.15, -0.1) is 11.3 Å². The van der Waals surface area contributed by atoms with E-state index >= 15 is 0 Å². The highest BCUT2D eigenvalue weighted by molar-refractivity contribution is 7.18. The lowest BCUT2D eigenvalue weighted by Gasteiger charge is -2.34. The topological polar surface area (TPSA) is 140 Å². The molecule has 1 fully saturated rings. The van der Waals surface area contributed by atoms with Gasteiger partial charge in [0.05, 0.1) is 56.8 Å². The summed E-state index contributed by atoms with van der Waals surface area (Å²) in [5.74, 6) is 0.00753. The van der Waals surface area contributed by atoms with Crippen LogP contribution >= 0.6 is 22.9 Å². The summed E-state index contributed by atoms with van der Waals surface area (Å²) in [4.78, 5) is 39.1. The summed E-state index contributed by atoms with van der Waals surface area (Å²) in [5.41, 5.74) is 3.57. The molecule has 0 amide bonds. The van der Waals surface area contributed by atoms with Gasteiger partial charge >= 0.3 is 5.97 Å². The molecule has 10 nitrogen and oxygen atoms in total. The summed E-state index contributed by atoms with van der Waals surface area (Å²) < 4.78 is 13.8. The van der Waals surface area contributed by atoms with Gasteiger partial charge in [-0.1, -0.05) is 11.6 Å². The van der Waals surface area contributed by atoms with Crippen LogP contribution < -0.4 is 10.3 Å². The van der Waals surface area contributed by atoms with Crippen molar-refractivity contribution in [2.45, 2.75) is 45.3 Å². The van der Waals surface area contributed by atoms with Gasteiger partial charge in [0.15, 0.2) is 0 Å². The van der Waals surface area contributed by atoms with Crippen LogP contribution in [-0.4, -0.2) is 50.4 Å². The zero-order valence-electron chi connectivity index (χ0n) is 23.5. The van der Waals surface area contributed by atoms with Gasteiger partial charge < -0.3 is 14.6 Å². The summed E-state index contributed by atoms with van der Waals surface area (Å²) in [6, 6.07) is 9.30. The van der Waals surface area contributed by atoms with E-state index < -0.39 is 5.97 Å². The molecule has 1 aliphatic carbocycles. The molecule has 0 unspecified atom stereocenters. The van der Waals surface area contributed by atoms with E-state index in [0.29, 0.717) is 49.3 Å². The Bertz CT molecular complexity index is 2030. The molecule has 1 aromatic carbocycles. The molecular formula is C31H26ClN5O5S. The summed E-state index contributed by atoms with van der Waals surface area (Å²) in [6.45, 7) is 3.84. The number of fused-ring (bicyclic) bond motifs is 2. The zero-order chi connectivity index (χ0) is 30.4. The van der Waals surface area contributed by atoms with Crippen molar-refractivity contribution in [3.63, 3.8) is 0 Å². The Balaban J connectivity index is 1.33. The van der Waals surface area contributed by atoms with E-state index in [1.165, 1.54) is 15.9 Å². The van der Waals surface area contributed by atoms with Gasteiger partial charge in [0.25, 0.3) is 5.56 Å². The second-order valence-corrected chi connectivity index (χ2v) is 11.8. The molecule has 0 radical (unpaired) electrons. The number of hydrogen-bond acceptors (Lipinski definition) is 9. The Hall–Kier alpha value is -4.37. The van der Waals surface area contributed by atoms with Gasteiger partial charge in [0, 0.05) is 40.3 Å². The quantitative estimate of drug-likeness (QED) is 0.226. The van der Waals surface area contributed by atoms with Crippen molar-refractivity contribution in [3.8, 4) is 22.9 Å². The highest BCUT2D eigenvalue weighted by atomic mass is 35.5. The first-order chi connectivity index (χ1) is 20.7. The lowest BCUT2D eigenvalue weighted by molar-refractivity contribution is 0.0247. The number of carboxylic acids is 1. The highest BCUT2D eigenvalue weighted by Crippen LogP contribution is 2.41. The van der Waals surface area contributed by atoms with Crippen molar-refractivity contribution in [3.05, 3.63) is 79.6 Å². The molecular weight excluding hydrogens is 590 g/mol. The number of pyridine rings is 2. The molecule has 6 rings (SSSR count). The van der Waals surface area contributed by atoms with Crippen LogP contribution in [-0.2, 0) is 11.3 Å². The predicted octanol–water partition coefficient (Wildman–Crippen LogP) is 5.88. The fourth-order valence-corrected chi connectivity index (χ4v) is 6.76. The Morgan fingerprint density at radius 3 is 2.74 bits per heavy atom. The lowest BCUT2D eigenvalue weighted by Crippen LogP contribution is -2.31. The second-order valence-electron chi connectivity index (χ2n) is 10.5. The number of carbonyl (C=O) groups is 1. The third-order valence-electron chi connectivity index (χ3n) is 7.83. The zero-order valence-corrected chi connectivity index (χ0v) is 25.1. The molecule has 1 N–H and O–H groups in total. The minimum atomic E-state index is -1.04. The number of aromatic nitrogens is 4. The molecule has 12 heteroatoms. The van der Waals surface area contributed by atoms with Gasteiger partial charge in [0.1, 0.15) is 24.3 Å². The number of methoxy groups -OCH3 is 1. The first-order valence-corrected chi connectivity index (χ1v) is 14.8. The largest absolute Gasteiger partial charge is 0.491 e. The molecule has 0 bridgehead atoms. The molecule has 0 spiro atoms. The maximum absolute atomic E-state index is 13.7. The molecule has 0 saturated heterocycles. The molecule has 43 heavy (non-hydrogen) atoms. The third kappa shape index (κ3) is 5.12. The average Bonchev–Trinajstić information content (AvgIpc) is 3.38. The van der Waals surface area contributed by atoms with Crippen LogP contribution in [0, 0.1) is 25.2 Å². The maximum Gasteiger partial charge on any atom is 0.338 e. The van der Waals surface area contributed by atoms with Crippen molar-refractivity contribution >= 4 is 50.0 Å². The van der Waals surface area contributed by atoms with Crippen LogP contribution in [0.1, 0.15) is 51.9 Å². The second kappa shape index (κ2) is 11.4. The van der Waals surface area contributed by atoms with Crippen LogP contribution in [0.4, 0.5) is 0 Å². The Morgan fingerprint density at radius 1 is 1.23 bits per heavy atom. The van der Waals surface area contributed by atoms with E-state index in [-0.39, 0.29) is 47.2 Å². The molecule has 1 aliphatic rings. The lowest BCUT2D eigenvalue weighted by atomic mass is 9.78. The minimum Gasteiger partial charge on any atom is -0.491 e. The van der Waals surface area contributed by atoms with Crippen molar-refractivity contribution in [1.29, 1.82) is 5.26 Å². The van der Waals surface area contributed by atoms with E-state index in [1.807, 2.05) is 6.07 Å². The van der Waals surface area contributed by atoms with Crippen molar-refractivity contribution in [1.82, 2.24) is 19.5 Å². The van der Waals surface area contributed by atoms with E-state index in [4.69, 9.17) is 21.1 Å². The number of nitriles is 1. The molecule has 0 aliphatic heterocycles. The molecule has 0 atom stereocenters. The molecule has 218 valence electrons. The predicted molar refractivity (Wildman–Crippen MR) is 163 cm³/mol. The van der Waals surface area contributed by atoms with Gasteiger partial charge in [-0.2, -0.15) is 5.26 Å². The Kier molecular flexibility index (Phi) is 7.60. The standard InChI is InChI=1S/C31H26ClN5O5S/c1-15-8-21(29-28(35-15)23(14-43-29)31(39)40)20-11-18(32)4-5-25(20)42-7-6-37-16(2)36-24-13-34-27(17-9-19(10-17)41-3)22(12-33)26(24)30(37)38/h4-5,8,11,13-14,17,19H,6-7,9-10H2,1-3H3,(H,39,40). The normalized spacial score (nSPS) is 16.3. The summed E-state index contributed by atoms with van der Waals surface area (Å²) >= 11 is 7.67. The van der Waals surface area contributed by atoms with Gasteiger partial charge in [-0.25, -0.2) is 9.78 Å². The number of rotatable bonds is 8. The number of benzene rings is 1. The average molecular weight is 616 g/mol. The monoisotopic (exact) mass is 615 g/mol. The number of aryl methyl sites for hydroxylation is 2. The SMILES string of the molecule is COC1CC(c2ncc3nc(C)n(CCOc4ccc(Cl)cc4-c4cc(C)nc5c(C(=O)O)csc45)c(=O)c3c2C#N)C1. The van der Waals surface area contributed by atoms with Crippen molar-refractivity contribution in [2.24, 2.45) is 0 Å². The molecule has 5 aromatic rings. The van der Waals surface area contributed by atoms with Crippen LogP contribution in [0.5, 0.6) is 5.75 Å². The molecule has 1 saturated carbocycles. The first kappa shape index (κ1) is 28.7. The Morgan fingerprint density at radius 2 is 2.02 bits per heavy atom. The molecule has 4 heterocycles. The minimum absolute atomic E-state index is 0.0584. The summed E-state index contributed by atoms with van der Waals surface area (Å²) in [7, 11) is 1.66. The number of nitrogens with zero attached hydrogens (tertiary/aromatic N) is 5. The van der Waals surface area contributed by atoms with Crippen molar-refractivity contribution in [2.75, 3.05) is 13.7 Å². The smallest absolute Gasteiger partial charge is 0.338 e. The van der Waals surface area contributed by atoms with E-state index in [9.17, 15) is 20.0 Å². The van der Waals surface area contributed by atoms with Crippen LogP contribution in [0.15, 0.2) is 40.6 Å². The number of thiophene rings is 1. The van der Waals surface area contributed by atoms with Gasteiger partial charge in [-0.3, -0.25) is 19.3 Å². The van der Waals surface area contributed by atoms with Crippen LogP contribution in [0.25, 0.3) is 32.2 Å². The fraction of sp³-hybridized carbons (Fsp3) is 0.290. The van der Waals surface area contributed by atoms with Crippen LogP contribution in [0.3, 0.4) is 0 Å². The summed E-state index contributed by atoms with van der Waals surface area (Å²) in [6.07, 6.45) is 3.20. The van der Waals surface area contributed by atoms with Crippen LogP contribution in [0.2, 0.25) is 5.02 Å². The summed E-state index contributed by atoms with van der Waals surface area (Å²) in [5, 5.41) is 22.0. The number of hydrogen-bond donors (Lipinski definition) is 1. The number of aromatic carboxylic acids is 1. The van der Waals surface area contributed by atoms with Crippen molar-refractivity contribution < 1.29 is 19.4 Å². The number of halogens is 1. The van der Waals surface area contributed by atoms with E-state index in [1.54, 1.807) is 50.7 Å². The van der Waals surface area contributed by atoms with E-state index in [0.717, 1.165) is 18.4 Å². The molecule has 4 aromatic heterocycles. The van der Waals surface area contributed by atoms with Gasteiger partial charge in [0.2, 0.25) is 0 Å². The van der Waals surface area contributed by atoms with Gasteiger partial charge in [-0.05, 0) is 51.0 Å². The number of carboxylic acid groups (broad SMARTS) is 1. The maximum atomic E-state index is 13.7. The Labute approximate surface area is 255 Å². The highest BCUT2D eigenvalue weighted by Gasteiger charge is 2.34. The first-order valence-electron chi connectivity index (χ1n) is 13.6.